The molecule has 26 heavy (non-hydrogen) atoms. The number of ketones is 1. The summed E-state index contributed by atoms with van der Waals surface area (Å²) in [6.07, 6.45) is 0.349. The van der Waals surface area contributed by atoms with Gasteiger partial charge in [0.05, 0.1) is 0 Å². The van der Waals surface area contributed by atoms with Crippen molar-refractivity contribution in [2.24, 2.45) is 11.8 Å². The smallest absolute Gasteiger partial charge is 0.225 e. The first-order valence-electron chi connectivity index (χ1n) is 9.04. The summed E-state index contributed by atoms with van der Waals surface area (Å²) < 4.78 is 0. The molecule has 0 N–H and O–H groups in total. The number of carbonyl (C=O) groups excluding carboxylic acids is 2. The highest BCUT2D eigenvalue weighted by atomic mass is 35.5. The zero-order valence-electron chi connectivity index (χ0n) is 15.3. The van der Waals surface area contributed by atoms with Gasteiger partial charge in [-0.1, -0.05) is 30.1 Å². The van der Waals surface area contributed by atoms with Crippen LogP contribution in [0.25, 0.3) is 0 Å². The highest BCUT2D eigenvalue weighted by molar-refractivity contribution is 6.35. The third-order valence-electron chi connectivity index (χ3n) is 5.25. The molecule has 0 aliphatic carbocycles. The topological polar surface area (TPSA) is 43.9 Å². The highest BCUT2D eigenvalue weighted by Crippen LogP contribution is 2.26. The van der Waals surface area contributed by atoms with E-state index >= 15 is 0 Å². The van der Waals surface area contributed by atoms with E-state index in [1.807, 2.05) is 31.0 Å². The van der Waals surface area contributed by atoms with Gasteiger partial charge < -0.3 is 14.7 Å². The van der Waals surface area contributed by atoms with E-state index in [0.717, 1.165) is 31.9 Å². The molecule has 1 unspecified atom stereocenters. The number of piperazine rings is 1. The molecule has 2 fully saturated rings. The van der Waals surface area contributed by atoms with Crippen molar-refractivity contribution in [3.63, 3.8) is 0 Å². The average Bonchev–Trinajstić information content (AvgIpc) is 2.57. The summed E-state index contributed by atoms with van der Waals surface area (Å²) >= 11 is 12.2. The second-order valence-electron chi connectivity index (χ2n) is 7.43. The Kier molecular flexibility index (Phi) is 6.10. The molecule has 7 heteroatoms. The van der Waals surface area contributed by atoms with Crippen LogP contribution < -0.4 is 4.90 Å². The summed E-state index contributed by atoms with van der Waals surface area (Å²) in [5, 5.41) is 1.22. The molecule has 1 aromatic rings. The first-order valence-corrected chi connectivity index (χ1v) is 9.80. The number of hydrogen-bond acceptors (Lipinski definition) is 4. The van der Waals surface area contributed by atoms with Crippen molar-refractivity contribution in [3.05, 3.63) is 28.2 Å². The fourth-order valence-corrected chi connectivity index (χ4v) is 4.19. The quantitative estimate of drug-likeness (QED) is 0.765. The van der Waals surface area contributed by atoms with Crippen molar-refractivity contribution in [1.82, 2.24) is 9.80 Å². The fraction of sp³-hybridized carbons (Fsp3) is 0.579. The van der Waals surface area contributed by atoms with Gasteiger partial charge in [-0.2, -0.15) is 0 Å². The molecule has 2 aliphatic rings. The molecule has 0 radical (unpaired) electrons. The molecule has 0 saturated carbocycles. The molecular formula is C19H25Cl2N3O2. The number of likely N-dealkylation sites (tertiary alicyclic amines) is 1. The average molecular weight is 398 g/mol. The minimum absolute atomic E-state index is 0.0785. The van der Waals surface area contributed by atoms with Gasteiger partial charge in [-0.3, -0.25) is 9.59 Å². The van der Waals surface area contributed by atoms with Gasteiger partial charge in [-0.05, 0) is 25.2 Å². The van der Waals surface area contributed by atoms with E-state index in [9.17, 15) is 9.59 Å². The Bertz CT molecular complexity index is 663. The van der Waals surface area contributed by atoms with Gasteiger partial charge in [0.2, 0.25) is 5.91 Å². The minimum Gasteiger partial charge on any atom is -0.368 e. The number of nitrogens with zero attached hydrogens (tertiary/aromatic N) is 3. The number of Topliss-reactive ketones (excluding diaryl/α,β-unsaturated/α-hetero) is 1. The number of amides is 1. The number of rotatable bonds is 5. The van der Waals surface area contributed by atoms with E-state index in [2.05, 4.69) is 9.80 Å². The molecule has 3 rings (SSSR count). The predicted octanol–water partition coefficient (Wildman–Crippen LogP) is 2.80. The van der Waals surface area contributed by atoms with E-state index in [1.54, 1.807) is 6.07 Å². The van der Waals surface area contributed by atoms with Crippen LogP contribution >= 0.6 is 23.2 Å². The maximum Gasteiger partial charge on any atom is 0.225 e. The lowest BCUT2D eigenvalue weighted by atomic mass is 9.89. The largest absolute Gasteiger partial charge is 0.368 e. The second kappa shape index (κ2) is 8.15. The Morgan fingerprint density at radius 1 is 1.08 bits per heavy atom. The lowest BCUT2D eigenvalue weighted by Gasteiger charge is -2.38. The second-order valence-corrected chi connectivity index (χ2v) is 8.30. The summed E-state index contributed by atoms with van der Waals surface area (Å²) in [7, 11) is 2.00. The van der Waals surface area contributed by atoms with Gasteiger partial charge in [0, 0.05) is 73.3 Å². The third-order valence-corrected chi connectivity index (χ3v) is 5.69. The van der Waals surface area contributed by atoms with Crippen LogP contribution in [0.1, 0.15) is 13.3 Å². The summed E-state index contributed by atoms with van der Waals surface area (Å²) in [5.41, 5.74) is 0.979. The van der Waals surface area contributed by atoms with Crippen LogP contribution in [0.4, 0.5) is 5.69 Å². The van der Waals surface area contributed by atoms with E-state index in [0.29, 0.717) is 29.6 Å². The Balaban J connectivity index is 1.50. The molecule has 0 bridgehead atoms. The molecule has 0 spiro atoms. The van der Waals surface area contributed by atoms with Crippen LogP contribution in [0.3, 0.4) is 0 Å². The van der Waals surface area contributed by atoms with E-state index < -0.39 is 0 Å². The first-order chi connectivity index (χ1) is 12.3. The van der Waals surface area contributed by atoms with Gasteiger partial charge in [0.1, 0.15) is 5.78 Å². The Hall–Kier alpha value is -1.30. The van der Waals surface area contributed by atoms with E-state index in [-0.39, 0.29) is 23.5 Å². The number of halogens is 2. The summed E-state index contributed by atoms with van der Waals surface area (Å²) in [6.45, 7) is 6.27. The summed E-state index contributed by atoms with van der Waals surface area (Å²) in [4.78, 5) is 31.1. The van der Waals surface area contributed by atoms with Crippen LogP contribution in [0.5, 0.6) is 0 Å². The lowest BCUT2D eigenvalue weighted by Crippen LogP contribution is -2.51. The number of anilines is 1. The Morgan fingerprint density at radius 2 is 1.65 bits per heavy atom. The zero-order chi connectivity index (χ0) is 18.8. The number of hydrogen-bond donors (Lipinski definition) is 0. The molecule has 2 saturated heterocycles. The fourth-order valence-electron chi connectivity index (χ4n) is 3.68. The van der Waals surface area contributed by atoms with Crippen molar-refractivity contribution in [1.29, 1.82) is 0 Å². The molecule has 2 heterocycles. The van der Waals surface area contributed by atoms with Crippen LogP contribution in [0.15, 0.2) is 18.2 Å². The van der Waals surface area contributed by atoms with Crippen molar-refractivity contribution in [2.75, 3.05) is 51.2 Å². The first kappa shape index (κ1) is 19.5. The maximum atomic E-state index is 12.7. The normalized spacial score (nSPS) is 20.0. The molecule has 2 aliphatic heterocycles. The maximum absolute atomic E-state index is 12.7. The molecular weight excluding hydrogens is 373 g/mol. The van der Waals surface area contributed by atoms with Crippen LogP contribution in [0.2, 0.25) is 10.0 Å². The molecule has 142 valence electrons. The summed E-state index contributed by atoms with van der Waals surface area (Å²) in [5.74, 6) is 0.159. The van der Waals surface area contributed by atoms with E-state index in [4.69, 9.17) is 23.2 Å². The SMILES string of the molecule is CC(CC(=O)C1CN(C)C1)C(=O)N1CCN(c2cc(Cl)cc(Cl)c2)CC1. The minimum atomic E-state index is -0.249. The Morgan fingerprint density at radius 3 is 2.19 bits per heavy atom. The molecule has 1 atom stereocenters. The van der Waals surface area contributed by atoms with E-state index in [1.165, 1.54) is 0 Å². The zero-order valence-corrected chi connectivity index (χ0v) is 16.8. The van der Waals surface area contributed by atoms with Gasteiger partial charge in [-0.15, -0.1) is 0 Å². The molecule has 1 amide bonds. The van der Waals surface area contributed by atoms with Gasteiger partial charge >= 0.3 is 0 Å². The predicted molar refractivity (Wildman–Crippen MR) is 105 cm³/mol. The highest BCUT2D eigenvalue weighted by Gasteiger charge is 2.33. The van der Waals surface area contributed by atoms with Crippen LogP contribution in [-0.4, -0.2) is 67.8 Å². The molecule has 5 nitrogen and oxygen atoms in total. The van der Waals surface area contributed by atoms with Gasteiger partial charge in [0.15, 0.2) is 0 Å². The summed E-state index contributed by atoms with van der Waals surface area (Å²) in [6, 6.07) is 5.49. The van der Waals surface area contributed by atoms with Gasteiger partial charge in [-0.25, -0.2) is 0 Å². The van der Waals surface area contributed by atoms with Crippen molar-refractivity contribution in [2.45, 2.75) is 13.3 Å². The van der Waals surface area contributed by atoms with Crippen molar-refractivity contribution < 1.29 is 9.59 Å². The van der Waals surface area contributed by atoms with Gasteiger partial charge in [0.25, 0.3) is 0 Å². The molecule has 0 aromatic heterocycles. The number of benzene rings is 1. The van der Waals surface area contributed by atoms with Crippen LogP contribution in [0, 0.1) is 11.8 Å². The van der Waals surface area contributed by atoms with Crippen molar-refractivity contribution in [3.8, 4) is 0 Å². The van der Waals surface area contributed by atoms with Crippen LogP contribution in [-0.2, 0) is 9.59 Å². The monoisotopic (exact) mass is 397 g/mol. The standard InChI is InChI=1S/C19H25Cl2N3O2/c1-13(7-18(25)14-11-22(2)12-14)19(26)24-5-3-23(4-6-24)17-9-15(20)8-16(21)10-17/h8-10,13-14H,3-7,11-12H2,1-2H3. The number of carbonyl (C=O) groups is 2. The Labute approximate surface area is 164 Å². The van der Waals surface area contributed by atoms with Crippen molar-refractivity contribution >= 4 is 40.6 Å². The molecule has 1 aromatic carbocycles. The third kappa shape index (κ3) is 4.51. The lowest BCUT2D eigenvalue weighted by molar-refractivity contribution is -0.139.